The Morgan fingerprint density at radius 2 is 2.09 bits per heavy atom. The molecule has 2 unspecified atom stereocenters. The number of carbonyl (C=O) groups is 2. The topological polar surface area (TPSA) is 53.5 Å². The molecule has 6 heteroatoms. The van der Waals surface area contributed by atoms with Crippen LogP contribution in [0.5, 0.6) is 0 Å². The van der Waals surface area contributed by atoms with E-state index in [2.05, 4.69) is 18.8 Å². The zero-order valence-corrected chi connectivity index (χ0v) is 14.1. The van der Waals surface area contributed by atoms with Crippen LogP contribution in [0.15, 0.2) is 5.38 Å². The Kier molecular flexibility index (Phi) is 4.47. The van der Waals surface area contributed by atoms with Crippen LogP contribution in [0.4, 0.5) is 5.13 Å². The van der Waals surface area contributed by atoms with Gasteiger partial charge < -0.3 is 4.90 Å². The van der Waals surface area contributed by atoms with Crippen molar-refractivity contribution < 1.29 is 9.59 Å². The van der Waals surface area contributed by atoms with Gasteiger partial charge in [0.25, 0.3) is 0 Å². The second-order valence-corrected chi connectivity index (χ2v) is 7.53. The molecule has 3 rings (SSSR count). The number of piperidine rings is 1. The fraction of sp³-hybridized carbons (Fsp3) is 0.688. The van der Waals surface area contributed by atoms with Crippen molar-refractivity contribution in [1.82, 2.24) is 9.88 Å². The molecule has 2 saturated heterocycles. The Morgan fingerprint density at radius 1 is 1.36 bits per heavy atom. The summed E-state index contributed by atoms with van der Waals surface area (Å²) in [6.07, 6.45) is 3.05. The van der Waals surface area contributed by atoms with Gasteiger partial charge in [0.1, 0.15) is 0 Å². The van der Waals surface area contributed by atoms with Crippen LogP contribution in [0, 0.1) is 11.8 Å². The molecule has 0 N–H and O–H groups in total. The van der Waals surface area contributed by atoms with E-state index < -0.39 is 0 Å². The lowest BCUT2D eigenvalue weighted by Crippen LogP contribution is -2.43. The number of hydrogen-bond donors (Lipinski definition) is 0. The SMILES string of the molecule is CC1CC(C)CN(C(=O)Cc2csc(N3CCCC3=O)n2)C1. The van der Waals surface area contributed by atoms with Crippen LogP contribution >= 0.6 is 11.3 Å². The number of hydrogen-bond acceptors (Lipinski definition) is 4. The molecule has 5 nitrogen and oxygen atoms in total. The van der Waals surface area contributed by atoms with E-state index in [1.807, 2.05) is 10.3 Å². The van der Waals surface area contributed by atoms with Crippen molar-refractivity contribution >= 4 is 28.3 Å². The Bertz CT molecular complexity index is 561. The second-order valence-electron chi connectivity index (χ2n) is 6.69. The summed E-state index contributed by atoms with van der Waals surface area (Å²) in [7, 11) is 0. The first-order valence-electron chi connectivity index (χ1n) is 8.05. The molecule has 2 aliphatic rings. The third kappa shape index (κ3) is 3.32. The van der Waals surface area contributed by atoms with E-state index in [9.17, 15) is 9.59 Å². The van der Waals surface area contributed by atoms with Gasteiger partial charge in [-0.2, -0.15) is 0 Å². The number of amides is 2. The Labute approximate surface area is 135 Å². The van der Waals surface area contributed by atoms with Crippen LogP contribution in [0.1, 0.15) is 38.8 Å². The lowest BCUT2D eigenvalue weighted by atomic mass is 9.92. The summed E-state index contributed by atoms with van der Waals surface area (Å²) in [6.45, 7) is 6.86. The van der Waals surface area contributed by atoms with Crippen LogP contribution in [0.3, 0.4) is 0 Å². The van der Waals surface area contributed by atoms with Crippen LogP contribution in [-0.4, -0.2) is 41.3 Å². The fourth-order valence-electron chi connectivity index (χ4n) is 3.49. The molecule has 22 heavy (non-hydrogen) atoms. The summed E-state index contributed by atoms with van der Waals surface area (Å²) in [6, 6.07) is 0. The fourth-order valence-corrected chi connectivity index (χ4v) is 4.35. The van der Waals surface area contributed by atoms with Crippen LogP contribution in [-0.2, 0) is 16.0 Å². The molecule has 0 aliphatic carbocycles. The number of anilines is 1. The van der Waals surface area contributed by atoms with Crippen molar-refractivity contribution in [3.8, 4) is 0 Å². The van der Waals surface area contributed by atoms with E-state index in [4.69, 9.17) is 0 Å². The largest absolute Gasteiger partial charge is 0.342 e. The molecule has 2 aliphatic heterocycles. The third-order valence-corrected chi connectivity index (χ3v) is 5.31. The number of aromatic nitrogens is 1. The number of carbonyl (C=O) groups excluding carboxylic acids is 2. The van der Waals surface area contributed by atoms with Gasteiger partial charge in [0.2, 0.25) is 11.8 Å². The van der Waals surface area contributed by atoms with Gasteiger partial charge in [-0.05, 0) is 24.7 Å². The zero-order chi connectivity index (χ0) is 15.7. The molecule has 0 saturated carbocycles. The molecule has 1 aromatic rings. The molecule has 0 radical (unpaired) electrons. The van der Waals surface area contributed by atoms with E-state index >= 15 is 0 Å². The van der Waals surface area contributed by atoms with Crippen LogP contribution < -0.4 is 4.90 Å². The highest BCUT2D eigenvalue weighted by molar-refractivity contribution is 7.14. The molecule has 3 heterocycles. The van der Waals surface area contributed by atoms with Crippen LogP contribution in [0.25, 0.3) is 0 Å². The number of likely N-dealkylation sites (tertiary alicyclic amines) is 1. The number of rotatable bonds is 3. The number of thiazole rings is 1. The first kappa shape index (κ1) is 15.5. The van der Waals surface area contributed by atoms with E-state index in [0.717, 1.165) is 36.9 Å². The minimum Gasteiger partial charge on any atom is -0.342 e. The van der Waals surface area contributed by atoms with E-state index in [1.54, 1.807) is 4.90 Å². The van der Waals surface area contributed by atoms with Crippen molar-refractivity contribution in [1.29, 1.82) is 0 Å². The van der Waals surface area contributed by atoms with Crippen LogP contribution in [0.2, 0.25) is 0 Å². The maximum absolute atomic E-state index is 12.5. The smallest absolute Gasteiger partial charge is 0.228 e. The van der Waals surface area contributed by atoms with Crippen molar-refractivity contribution in [3.05, 3.63) is 11.1 Å². The molecular weight excluding hydrogens is 298 g/mol. The van der Waals surface area contributed by atoms with Crippen molar-refractivity contribution in [3.63, 3.8) is 0 Å². The second kappa shape index (κ2) is 6.36. The summed E-state index contributed by atoms with van der Waals surface area (Å²) >= 11 is 1.46. The summed E-state index contributed by atoms with van der Waals surface area (Å²) in [5.74, 6) is 1.44. The highest BCUT2D eigenvalue weighted by atomic mass is 32.1. The van der Waals surface area contributed by atoms with Gasteiger partial charge in [-0.1, -0.05) is 13.8 Å². The van der Waals surface area contributed by atoms with Crippen molar-refractivity contribution in [2.75, 3.05) is 24.5 Å². The van der Waals surface area contributed by atoms with E-state index in [-0.39, 0.29) is 11.8 Å². The highest BCUT2D eigenvalue weighted by Gasteiger charge is 2.27. The summed E-state index contributed by atoms with van der Waals surface area (Å²) in [5.41, 5.74) is 0.788. The first-order chi connectivity index (χ1) is 10.5. The Balaban J connectivity index is 1.62. The highest BCUT2D eigenvalue weighted by Crippen LogP contribution is 2.26. The van der Waals surface area contributed by atoms with Gasteiger partial charge in [0.15, 0.2) is 5.13 Å². The normalized spacial score (nSPS) is 25.8. The van der Waals surface area contributed by atoms with E-state index in [0.29, 0.717) is 24.7 Å². The Hall–Kier alpha value is -1.43. The maximum Gasteiger partial charge on any atom is 0.228 e. The van der Waals surface area contributed by atoms with Gasteiger partial charge in [-0.3, -0.25) is 14.5 Å². The quantitative estimate of drug-likeness (QED) is 0.858. The van der Waals surface area contributed by atoms with Gasteiger partial charge in [0.05, 0.1) is 12.1 Å². The van der Waals surface area contributed by atoms with Gasteiger partial charge in [0, 0.05) is 31.4 Å². The summed E-state index contributed by atoms with van der Waals surface area (Å²) < 4.78 is 0. The molecule has 2 fully saturated rings. The van der Waals surface area contributed by atoms with Gasteiger partial charge in [-0.15, -0.1) is 11.3 Å². The van der Waals surface area contributed by atoms with E-state index in [1.165, 1.54) is 17.8 Å². The van der Waals surface area contributed by atoms with Gasteiger partial charge >= 0.3 is 0 Å². The predicted molar refractivity (Wildman–Crippen MR) is 86.9 cm³/mol. The van der Waals surface area contributed by atoms with Crippen molar-refractivity contribution in [2.24, 2.45) is 11.8 Å². The molecular formula is C16H23N3O2S. The minimum absolute atomic E-state index is 0.144. The monoisotopic (exact) mass is 321 g/mol. The molecule has 120 valence electrons. The van der Waals surface area contributed by atoms with Crippen molar-refractivity contribution in [2.45, 2.75) is 39.5 Å². The Morgan fingerprint density at radius 3 is 2.73 bits per heavy atom. The average Bonchev–Trinajstić information content (AvgIpc) is 3.06. The zero-order valence-electron chi connectivity index (χ0n) is 13.2. The first-order valence-corrected chi connectivity index (χ1v) is 8.93. The molecule has 2 atom stereocenters. The standard InChI is InChI=1S/C16H23N3O2S/c1-11-6-12(2)9-18(8-11)15(21)7-13-10-22-16(17-13)19-5-3-4-14(19)20/h10-12H,3-9H2,1-2H3. The predicted octanol–water partition coefficient (Wildman–Crippen LogP) is 2.32. The molecule has 2 amide bonds. The maximum atomic E-state index is 12.5. The average molecular weight is 321 g/mol. The molecule has 0 bridgehead atoms. The van der Waals surface area contributed by atoms with Gasteiger partial charge in [-0.25, -0.2) is 4.98 Å². The molecule has 1 aromatic heterocycles. The summed E-state index contributed by atoms with van der Waals surface area (Å²) in [5, 5.41) is 2.65. The minimum atomic E-state index is 0.144. The molecule has 0 spiro atoms. The summed E-state index contributed by atoms with van der Waals surface area (Å²) in [4.78, 5) is 32.4. The number of nitrogens with zero attached hydrogens (tertiary/aromatic N) is 3. The lowest BCUT2D eigenvalue weighted by Gasteiger charge is -2.35. The lowest BCUT2D eigenvalue weighted by molar-refractivity contribution is -0.133. The third-order valence-electron chi connectivity index (χ3n) is 4.40. The molecule has 0 aromatic carbocycles.